The first-order valence-electron chi connectivity index (χ1n) is 7.71. The Morgan fingerprint density at radius 1 is 0.962 bits per heavy atom. The lowest BCUT2D eigenvalue weighted by Gasteiger charge is -2.09. The molecule has 0 fully saturated rings. The molecule has 0 aromatic heterocycles. The summed E-state index contributed by atoms with van der Waals surface area (Å²) in [6, 6.07) is 9.75. The summed E-state index contributed by atoms with van der Waals surface area (Å²) in [6.45, 7) is 0. The van der Waals surface area contributed by atoms with E-state index >= 15 is 0 Å². The van der Waals surface area contributed by atoms with E-state index in [4.69, 9.17) is 14.2 Å². The van der Waals surface area contributed by atoms with Gasteiger partial charge in [-0.3, -0.25) is 4.79 Å². The number of benzene rings is 2. The number of aliphatic hydroxyl groups excluding tert-OH is 1. The van der Waals surface area contributed by atoms with Crippen molar-refractivity contribution in [2.75, 3.05) is 21.3 Å². The Morgan fingerprint density at radius 2 is 1.65 bits per heavy atom. The van der Waals surface area contributed by atoms with Crippen LogP contribution in [0.1, 0.15) is 11.1 Å². The zero-order chi connectivity index (χ0) is 19.1. The predicted molar refractivity (Wildman–Crippen MR) is 98.9 cm³/mol. The van der Waals surface area contributed by atoms with E-state index in [1.165, 1.54) is 33.5 Å². The molecule has 0 aliphatic carbocycles. The number of allylic oxidation sites excluding steroid dienone is 2. The van der Waals surface area contributed by atoms with Gasteiger partial charge in [-0.1, -0.05) is 18.2 Å². The first-order chi connectivity index (χ1) is 12.5. The van der Waals surface area contributed by atoms with Crippen LogP contribution in [0.5, 0.6) is 23.0 Å². The lowest BCUT2D eigenvalue weighted by molar-refractivity contribution is -0.110. The minimum Gasteiger partial charge on any atom is -0.507 e. The van der Waals surface area contributed by atoms with Crippen molar-refractivity contribution < 1.29 is 29.2 Å². The molecule has 0 aliphatic heterocycles. The Balaban J connectivity index is 2.22. The average molecular weight is 356 g/mol. The third-order valence-electron chi connectivity index (χ3n) is 3.61. The molecule has 26 heavy (non-hydrogen) atoms. The van der Waals surface area contributed by atoms with Crippen LogP contribution >= 0.6 is 0 Å². The lowest BCUT2D eigenvalue weighted by Crippen LogP contribution is -1.95. The fourth-order valence-corrected chi connectivity index (χ4v) is 2.34. The van der Waals surface area contributed by atoms with Crippen molar-refractivity contribution in [1.29, 1.82) is 0 Å². The lowest BCUT2D eigenvalue weighted by atomic mass is 10.1. The first-order valence-corrected chi connectivity index (χ1v) is 7.71. The van der Waals surface area contributed by atoms with Crippen molar-refractivity contribution in [3.05, 3.63) is 59.7 Å². The Bertz CT molecular complexity index is 851. The Morgan fingerprint density at radius 3 is 2.31 bits per heavy atom. The minimum absolute atomic E-state index is 0.0582. The van der Waals surface area contributed by atoms with Gasteiger partial charge in [-0.2, -0.15) is 0 Å². The highest BCUT2D eigenvalue weighted by Gasteiger charge is 2.13. The number of carbonyl (C=O) groups excluding carboxylic acids is 1. The summed E-state index contributed by atoms with van der Waals surface area (Å²) >= 11 is 0. The normalized spacial score (nSPS) is 11.4. The topological polar surface area (TPSA) is 85.2 Å². The Kier molecular flexibility index (Phi) is 6.27. The molecule has 2 aromatic carbocycles. The second kappa shape index (κ2) is 8.62. The minimum atomic E-state index is -0.456. The number of phenolic OH excluding ortho intramolecular Hbond substituents is 1. The summed E-state index contributed by atoms with van der Waals surface area (Å²) in [5.74, 6) is 0.356. The molecule has 136 valence electrons. The van der Waals surface area contributed by atoms with Gasteiger partial charge < -0.3 is 24.4 Å². The van der Waals surface area contributed by atoms with Gasteiger partial charge in [-0.05, 0) is 35.9 Å². The van der Waals surface area contributed by atoms with Crippen LogP contribution in [0.15, 0.2) is 48.6 Å². The second-order valence-corrected chi connectivity index (χ2v) is 5.23. The molecule has 6 nitrogen and oxygen atoms in total. The maximum atomic E-state index is 12.1. The van der Waals surface area contributed by atoms with Gasteiger partial charge in [-0.25, -0.2) is 0 Å². The average Bonchev–Trinajstić information content (AvgIpc) is 2.65. The summed E-state index contributed by atoms with van der Waals surface area (Å²) in [5, 5.41) is 20.0. The monoisotopic (exact) mass is 356 g/mol. The molecule has 0 amide bonds. The number of methoxy groups -OCH3 is 3. The number of aromatic hydroxyl groups is 1. The van der Waals surface area contributed by atoms with E-state index in [1.54, 1.807) is 36.4 Å². The van der Waals surface area contributed by atoms with Crippen molar-refractivity contribution >= 4 is 17.6 Å². The molecule has 2 N–H and O–H groups in total. The molecule has 0 unspecified atom stereocenters. The zero-order valence-corrected chi connectivity index (χ0v) is 14.7. The number of phenols is 1. The first kappa shape index (κ1) is 18.9. The maximum absolute atomic E-state index is 12.1. The molecule has 0 saturated heterocycles. The standard InChI is InChI=1S/C20H20O6/c1-24-17-10-8-13(11-19(17)26-3)7-9-14(21)12-16(23)20-15(22)5-4-6-18(20)25-2/h4-12,22-23H,1-3H3/b9-7+,16-12-. The molecule has 2 rings (SSSR count). The Labute approximate surface area is 151 Å². The molecule has 0 bridgehead atoms. The fourth-order valence-electron chi connectivity index (χ4n) is 2.34. The quantitative estimate of drug-likeness (QED) is 0.582. The highest BCUT2D eigenvalue weighted by molar-refractivity contribution is 6.06. The molecule has 0 heterocycles. The van der Waals surface area contributed by atoms with E-state index in [2.05, 4.69) is 0 Å². The highest BCUT2D eigenvalue weighted by atomic mass is 16.5. The van der Waals surface area contributed by atoms with Crippen LogP contribution in [0, 0.1) is 0 Å². The molecule has 6 heteroatoms. The van der Waals surface area contributed by atoms with Crippen molar-refractivity contribution in [2.24, 2.45) is 0 Å². The van der Waals surface area contributed by atoms with Gasteiger partial charge in [0.15, 0.2) is 17.3 Å². The van der Waals surface area contributed by atoms with Gasteiger partial charge in [0.25, 0.3) is 0 Å². The summed E-state index contributed by atoms with van der Waals surface area (Å²) < 4.78 is 15.5. The smallest absolute Gasteiger partial charge is 0.182 e. The molecular formula is C20H20O6. The number of hydrogen-bond acceptors (Lipinski definition) is 6. The molecule has 0 aliphatic rings. The summed E-state index contributed by atoms with van der Waals surface area (Å²) in [7, 11) is 4.47. The van der Waals surface area contributed by atoms with Crippen molar-refractivity contribution in [2.45, 2.75) is 0 Å². The molecule has 0 radical (unpaired) electrons. The molecule has 0 saturated carbocycles. The van der Waals surface area contributed by atoms with E-state index in [1.807, 2.05) is 0 Å². The van der Waals surface area contributed by atoms with E-state index in [0.29, 0.717) is 11.5 Å². The number of rotatable bonds is 7. The second-order valence-electron chi connectivity index (χ2n) is 5.23. The van der Waals surface area contributed by atoms with Crippen molar-refractivity contribution in [3.8, 4) is 23.0 Å². The van der Waals surface area contributed by atoms with Crippen LogP contribution in [-0.2, 0) is 4.79 Å². The van der Waals surface area contributed by atoms with Crippen LogP contribution in [0.4, 0.5) is 0 Å². The van der Waals surface area contributed by atoms with Gasteiger partial charge >= 0.3 is 0 Å². The third-order valence-corrected chi connectivity index (χ3v) is 3.61. The molecule has 0 atom stereocenters. The van der Waals surface area contributed by atoms with E-state index < -0.39 is 5.78 Å². The fraction of sp³-hybridized carbons (Fsp3) is 0.150. The third kappa shape index (κ3) is 4.36. The van der Waals surface area contributed by atoms with Crippen LogP contribution < -0.4 is 14.2 Å². The largest absolute Gasteiger partial charge is 0.507 e. The van der Waals surface area contributed by atoms with Crippen LogP contribution in [-0.4, -0.2) is 37.3 Å². The number of ether oxygens (including phenoxy) is 3. The van der Waals surface area contributed by atoms with Crippen molar-refractivity contribution in [1.82, 2.24) is 0 Å². The Hall–Kier alpha value is -3.41. The number of hydrogen-bond donors (Lipinski definition) is 2. The SMILES string of the molecule is COc1ccc(/C=C/C(=O)/C=C(\O)c2c(O)cccc2OC)cc1OC. The van der Waals surface area contributed by atoms with Crippen LogP contribution in [0.25, 0.3) is 11.8 Å². The van der Waals surface area contributed by atoms with Gasteiger partial charge in [0.2, 0.25) is 0 Å². The number of ketones is 1. The highest BCUT2D eigenvalue weighted by Crippen LogP contribution is 2.32. The molecule has 2 aromatic rings. The molecular weight excluding hydrogens is 336 g/mol. The van der Waals surface area contributed by atoms with Gasteiger partial charge in [0.1, 0.15) is 22.8 Å². The summed E-state index contributed by atoms with van der Waals surface area (Å²) in [6.07, 6.45) is 3.88. The van der Waals surface area contributed by atoms with E-state index in [-0.39, 0.29) is 22.8 Å². The zero-order valence-electron chi connectivity index (χ0n) is 14.7. The molecule has 0 spiro atoms. The van der Waals surface area contributed by atoms with Crippen molar-refractivity contribution in [3.63, 3.8) is 0 Å². The summed E-state index contributed by atoms with van der Waals surface area (Å²) in [4.78, 5) is 12.1. The maximum Gasteiger partial charge on any atom is 0.182 e. The van der Waals surface area contributed by atoms with E-state index in [0.717, 1.165) is 11.6 Å². The van der Waals surface area contributed by atoms with Gasteiger partial charge in [-0.15, -0.1) is 0 Å². The number of carbonyl (C=O) groups is 1. The van der Waals surface area contributed by atoms with Gasteiger partial charge in [0.05, 0.1) is 21.3 Å². The summed E-state index contributed by atoms with van der Waals surface area (Å²) in [5.41, 5.74) is 0.784. The van der Waals surface area contributed by atoms with Gasteiger partial charge in [0, 0.05) is 6.08 Å². The number of aliphatic hydroxyl groups is 1. The van der Waals surface area contributed by atoms with E-state index in [9.17, 15) is 15.0 Å². The van der Waals surface area contributed by atoms with Crippen LogP contribution in [0.2, 0.25) is 0 Å². The predicted octanol–water partition coefficient (Wildman–Crippen LogP) is 3.60. The van der Waals surface area contributed by atoms with Crippen LogP contribution in [0.3, 0.4) is 0 Å².